The molecule has 87 heavy (non-hydrogen) atoms. The molecule has 0 aliphatic heterocycles. The number of hydrogen-bond donors (Lipinski definition) is 0. The van der Waals surface area contributed by atoms with E-state index < -0.39 is 62.8 Å². The number of nitrogens with zero attached hydrogens (tertiary/aromatic N) is 3. The van der Waals surface area contributed by atoms with Crippen LogP contribution in [0.25, 0.3) is 0 Å². The molecule has 0 N–H and O–H groups in total. The minimum absolute atomic E-state index is 0.00305. The van der Waals surface area contributed by atoms with E-state index in [1.807, 2.05) is 6.20 Å². The van der Waals surface area contributed by atoms with Gasteiger partial charge in [0.25, 0.3) is 0 Å². The third-order valence-corrected chi connectivity index (χ3v) is 20.2. The first kappa shape index (κ1) is 75.3. The monoisotopic (exact) mass is 1260 g/mol. The fourth-order valence-electron chi connectivity index (χ4n) is 9.35. The second-order valence-electron chi connectivity index (χ2n) is 21.8. The van der Waals surface area contributed by atoms with Gasteiger partial charge >= 0.3 is 17.9 Å². The maximum atomic E-state index is 13.9. The quantitative estimate of drug-likeness (QED) is 0.0129. The van der Waals surface area contributed by atoms with Gasteiger partial charge in [-0.25, -0.2) is 30.0 Å². The van der Waals surface area contributed by atoms with Crippen molar-refractivity contribution in [1.29, 1.82) is 0 Å². The highest BCUT2D eigenvalue weighted by molar-refractivity contribution is 7.96. The number of carbonyl (C=O) groups is 3. The third kappa shape index (κ3) is 31.2. The molecule has 2 atom stereocenters. The fourth-order valence-corrected chi connectivity index (χ4v) is 13.5. The number of unbranched alkanes of at least 4 members (excludes halogenated alkanes) is 21. The van der Waals surface area contributed by atoms with E-state index in [0.29, 0.717) is 45.4 Å². The Morgan fingerprint density at radius 2 is 0.770 bits per heavy atom. The lowest BCUT2D eigenvalue weighted by atomic mass is 10.1. The molecule has 0 saturated carbocycles. The summed E-state index contributed by atoms with van der Waals surface area (Å²) in [6, 6.07) is 23.6. The molecule has 15 nitrogen and oxygen atoms in total. The van der Waals surface area contributed by atoms with Gasteiger partial charge in [0.2, 0.25) is 9.84 Å². The van der Waals surface area contributed by atoms with Gasteiger partial charge in [-0.15, -0.1) is 0 Å². The Morgan fingerprint density at radius 3 is 1.17 bits per heavy atom. The van der Waals surface area contributed by atoms with Crippen molar-refractivity contribution in [2.24, 2.45) is 9.98 Å². The minimum atomic E-state index is -4.20. The normalized spacial score (nSPS) is 13.3. The highest BCUT2D eigenvalue weighted by atomic mass is 32.2. The van der Waals surface area contributed by atoms with Crippen LogP contribution in [0.5, 0.6) is 0 Å². The zero-order valence-electron chi connectivity index (χ0n) is 52.3. The molecule has 0 amide bonds. The summed E-state index contributed by atoms with van der Waals surface area (Å²) in [6.45, 7) is 9.19. The number of hydrogen-bond acceptors (Lipinski definition) is 15. The minimum Gasteiger partial charge on any atom is -0.464 e. The van der Waals surface area contributed by atoms with Gasteiger partial charge in [0.1, 0.15) is 0 Å². The van der Waals surface area contributed by atoms with Gasteiger partial charge in [0, 0.05) is 38.6 Å². The van der Waals surface area contributed by atoms with Crippen LogP contribution in [0.1, 0.15) is 188 Å². The number of aliphatic imine (C=N–C) groups is 2. The number of sulfone groups is 3. The summed E-state index contributed by atoms with van der Waals surface area (Å²) < 4.78 is 98.5. The highest BCUT2D eigenvalue weighted by Crippen LogP contribution is 2.23. The first-order valence-electron chi connectivity index (χ1n) is 32.1. The topological polar surface area (TPSA) is 209 Å². The molecule has 0 saturated heterocycles. The summed E-state index contributed by atoms with van der Waals surface area (Å²) in [5, 5.41) is -3.02. The molecule has 2 unspecified atom stereocenters. The second-order valence-corrected chi connectivity index (χ2v) is 27.8. The molecule has 3 rings (SSSR count). The number of ether oxygens (including phenoxy) is 3. The predicted molar refractivity (Wildman–Crippen MR) is 352 cm³/mol. The molecule has 0 heterocycles. The number of rotatable bonds is 50. The van der Waals surface area contributed by atoms with Gasteiger partial charge in [-0.3, -0.25) is 19.6 Å². The van der Waals surface area contributed by atoms with Crippen LogP contribution in [0, 0.1) is 0 Å². The first-order chi connectivity index (χ1) is 42.2. The maximum Gasteiger partial charge on any atom is 0.350 e. The molecule has 18 heteroatoms. The SMILES string of the molecule is CCCCCCCCOC(=O)C(=CC=CN(CCCCCCN=CC=CC(C(=O)OCCCCCCCC)S(=O)(=O)c1ccccc1)CCCCCCN=CC=CC(C(=O)OCCCCCCCC)S(=O)(=O)c1ccccc1)S(=O)(=O)c1ccccc1. The molecule has 0 aliphatic carbocycles. The van der Waals surface area contributed by atoms with Gasteiger partial charge < -0.3 is 19.1 Å². The van der Waals surface area contributed by atoms with Crippen molar-refractivity contribution in [3.05, 3.63) is 139 Å². The van der Waals surface area contributed by atoms with Crippen LogP contribution in [0.15, 0.2) is 163 Å². The Bertz CT molecular complexity index is 2760. The van der Waals surface area contributed by atoms with Crippen LogP contribution in [-0.2, 0) is 58.1 Å². The fraction of sp³-hybridized carbons (Fsp3) is 0.551. The molecule has 482 valence electrons. The molecule has 0 aliphatic rings. The van der Waals surface area contributed by atoms with Crippen LogP contribution in [0.4, 0.5) is 0 Å². The van der Waals surface area contributed by atoms with Crippen molar-refractivity contribution < 1.29 is 53.8 Å². The summed E-state index contributed by atoms with van der Waals surface area (Å²) in [6.07, 6.45) is 38.0. The van der Waals surface area contributed by atoms with Crippen molar-refractivity contribution in [3.8, 4) is 0 Å². The van der Waals surface area contributed by atoms with Crippen LogP contribution in [0.2, 0.25) is 0 Å². The molecule has 3 aromatic carbocycles. The third-order valence-electron chi connectivity index (χ3n) is 14.5. The second kappa shape index (κ2) is 46.2. The zero-order chi connectivity index (χ0) is 63.1. The summed E-state index contributed by atoms with van der Waals surface area (Å²) >= 11 is 0. The summed E-state index contributed by atoms with van der Waals surface area (Å²) in [5.74, 6) is -2.51. The van der Waals surface area contributed by atoms with Crippen LogP contribution in [0.3, 0.4) is 0 Å². The van der Waals surface area contributed by atoms with Crippen molar-refractivity contribution >= 4 is 59.8 Å². The van der Waals surface area contributed by atoms with E-state index in [-0.39, 0.29) is 34.5 Å². The van der Waals surface area contributed by atoms with Gasteiger partial charge in [0.05, 0.1) is 34.5 Å². The van der Waals surface area contributed by atoms with Crippen LogP contribution < -0.4 is 0 Å². The zero-order valence-corrected chi connectivity index (χ0v) is 54.8. The van der Waals surface area contributed by atoms with E-state index in [0.717, 1.165) is 148 Å². The maximum absolute atomic E-state index is 13.9. The van der Waals surface area contributed by atoms with Gasteiger partial charge in [-0.1, -0.05) is 210 Å². The molecular formula is C69H101N3O12S3. The summed E-state index contributed by atoms with van der Waals surface area (Å²) in [4.78, 5) is 50.6. The first-order valence-corrected chi connectivity index (χ1v) is 36.6. The molecular weight excluding hydrogens is 1160 g/mol. The van der Waals surface area contributed by atoms with Crippen LogP contribution >= 0.6 is 0 Å². The number of esters is 3. The van der Waals surface area contributed by atoms with Crippen LogP contribution in [-0.4, -0.2) is 117 Å². The number of benzene rings is 3. The smallest absolute Gasteiger partial charge is 0.350 e. The summed E-state index contributed by atoms with van der Waals surface area (Å²) in [5.41, 5.74) is 0. The van der Waals surface area contributed by atoms with Gasteiger partial charge in [-0.2, -0.15) is 0 Å². The summed E-state index contributed by atoms with van der Waals surface area (Å²) in [7, 11) is -12.3. The molecule has 0 bridgehead atoms. The van der Waals surface area contributed by atoms with Gasteiger partial charge in [0.15, 0.2) is 35.1 Å². The van der Waals surface area contributed by atoms with Crippen molar-refractivity contribution in [2.75, 3.05) is 46.0 Å². The van der Waals surface area contributed by atoms with E-state index in [4.69, 9.17) is 14.2 Å². The van der Waals surface area contributed by atoms with E-state index in [1.54, 1.807) is 60.7 Å². The average molecular weight is 1260 g/mol. The Hall–Kier alpha value is -5.98. The Kier molecular flexibility index (Phi) is 40.0. The highest BCUT2D eigenvalue weighted by Gasteiger charge is 2.34. The van der Waals surface area contributed by atoms with E-state index in [9.17, 15) is 39.6 Å². The van der Waals surface area contributed by atoms with E-state index >= 15 is 0 Å². The molecule has 0 fully saturated rings. The van der Waals surface area contributed by atoms with Crippen molar-refractivity contribution in [1.82, 2.24) is 4.90 Å². The standard InChI is InChI=1S/C69H101N3O12S3/c1-4-7-10-13-20-36-58-82-67(73)64(85(76,77)61-42-26-23-27-43-61)48-39-53-70-51-32-16-18-34-55-72(57-41-50-66(87(80,81)63-46-30-25-31-47-63)69(75)84-60-38-22-15-12-9-6-3)56-35-19-17-33-52-71-54-40-49-65(86(78,79)62-44-28-24-29-45-62)68(74)83-59-37-21-14-11-8-5-2/h23-31,39-50,53-54,57,64-65H,4-22,32-38,51-52,55-56,58-60H2,1-3H3. The Labute approximate surface area is 523 Å². The molecule has 0 spiro atoms. The van der Waals surface area contributed by atoms with E-state index in [2.05, 4.69) is 35.7 Å². The molecule has 3 aromatic rings. The molecule has 0 radical (unpaired) electrons. The lowest BCUT2D eigenvalue weighted by Crippen LogP contribution is -2.30. The average Bonchev–Trinajstić information content (AvgIpc) is 2.18. The van der Waals surface area contributed by atoms with Gasteiger partial charge in [-0.05, 0) is 112 Å². The Morgan fingerprint density at radius 1 is 0.425 bits per heavy atom. The van der Waals surface area contributed by atoms with Crippen molar-refractivity contribution in [2.45, 2.75) is 213 Å². The lowest BCUT2D eigenvalue weighted by Gasteiger charge is -2.20. The lowest BCUT2D eigenvalue weighted by molar-refractivity contribution is -0.143. The predicted octanol–water partition coefficient (Wildman–Crippen LogP) is 14.9. The Balaban J connectivity index is 1.66. The largest absolute Gasteiger partial charge is 0.464 e. The number of carbonyl (C=O) groups excluding carboxylic acids is 3. The van der Waals surface area contributed by atoms with Crippen molar-refractivity contribution in [3.63, 3.8) is 0 Å². The number of allylic oxidation sites excluding steroid dienone is 4. The molecule has 0 aromatic heterocycles. The van der Waals surface area contributed by atoms with E-state index in [1.165, 1.54) is 79.2 Å².